The second-order valence-corrected chi connectivity index (χ2v) is 7.57. The summed E-state index contributed by atoms with van der Waals surface area (Å²) in [6.07, 6.45) is 2.58. The Morgan fingerprint density at radius 2 is 1.89 bits per heavy atom. The number of carbonyl (C=O) groups excluding carboxylic acids is 1. The number of carboxylic acids is 1. The quantitative estimate of drug-likeness (QED) is 0.857. The monoisotopic (exact) mass is 384 g/mol. The molecule has 1 aromatic heterocycles. The topological polar surface area (TPSA) is 78.7 Å². The largest absolute Gasteiger partial charge is 0.480 e. The molecule has 2 heterocycles. The Morgan fingerprint density at radius 3 is 2.50 bits per heavy atom. The molecule has 1 saturated heterocycles. The van der Waals surface area contributed by atoms with E-state index in [0.717, 1.165) is 36.3 Å². The number of likely N-dealkylation sites (N-methyl/N-ethyl adjacent to an activating group) is 1. The van der Waals surface area contributed by atoms with Crippen molar-refractivity contribution in [2.24, 2.45) is 0 Å². The van der Waals surface area contributed by atoms with Gasteiger partial charge in [0.15, 0.2) is 0 Å². The Morgan fingerprint density at radius 1 is 1.18 bits per heavy atom. The van der Waals surface area contributed by atoms with Crippen LogP contribution in [0.5, 0.6) is 0 Å². The van der Waals surface area contributed by atoms with Gasteiger partial charge in [0.1, 0.15) is 0 Å². The summed E-state index contributed by atoms with van der Waals surface area (Å²) in [5.41, 5.74) is 3.63. The van der Waals surface area contributed by atoms with Gasteiger partial charge in [-0.15, -0.1) is 0 Å². The van der Waals surface area contributed by atoms with E-state index in [-0.39, 0.29) is 18.5 Å². The SMILES string of the molecule is Cc1cc(C)n(-c2ccc(C(=O)N3CCCC(N(C)CC(=O)O)CC3)cc2)n1. The van der Waals surface area contributed by atoms with Crippen LogP contribution < -0.4 is 0 Å². The molecule has 2 aromatic rings. The minimum Gasteiger partial charge on any atom is -0.480 e. The van der Waals surface area contributed by atoms with Crippen molar-refractivity contribution in [3.05, 3.63) is 47.3 Å². The Hall–Kier alpha value is -2.67. The zero-order valence-corrected chi connectivity index (χ0v) is 16.8. The molecule has 150 valence electrons. The van der Waals surface area contributed by atoms with Crippen molar-refractivity contribution in [3.63, 3.8) is 0 Å². The van der Waals surface area contributed by atoms with Gasteiger partial charge in [-0.2, -0.15) is 5.10 Å². The first-order valence-corrected chi connectivity index (χ1v) is 9.70. The molecule has 7 heteroatoms. The lowest BCUT2D eigenvalue weighted by atomic mass is 10.1. The van der Waals surface area contributed by atoms with E-state index < -0.39 is 5.97 Å². The molecule has 28 heavy (non-hydrogen) atoms. The molecule has 0 aliphatic carbocycles. The summed E-state index contributed by atoms with van der Waals surface area (Å²) in [5, 5.41) is 13.5. The highest BCUT2D eigenvalue weighted by molar-refractivity contribution is 5.94. The summed E-state index contributed by atoms with van der Waals surface area (Å²) in [5.74, 6) is -0.788. The fourth-order valence-corrected chi connectivity index (χ4v) is 3.88. The average molecular weight is 384 g/mol. The van der Waals surface area contributed by atoms with Gasteiger partial charge in [-0.1, -0.05) is 0 Å². The van der Waals surface area contributed by atoms with Crippen LogP contribution in [-0.2, 0) is 4.79 Å². The molecule has 1 aliphatic rings. The maximum Gasteiger partial charge on any atom is 0.317 e. The maximum atomic E-state index is 12.9. The van der Waals surface area contributed by atoms with Gasteiger partial charge in [0.2, 0.25) is 0 Å². The molecular weight excluding hydrogens is 356 g/mol. The van der Waals surface area contributed by atoms with Gasteiger partial charge in [0, 0.05) is 30.4 Å². The summed E-state index contributed by atoms with van der Waals surface area (Å²) in [4.78, 5) is 27.6. The molecule has 7 nitrogen and oxygen atoms in total. The van der Waals surface area contributed by atoms with Gasteiger partial charge < -0.3 is 10.0 Å². The molecule has 0 saturated carbocycles. The van der Waals surface area contributed by atoms with Gasteiger partial charge >= 0.3 is 5.97 Å². The first kappa shape index (κ1) is 20.1. The molecule has 1 atom stereocenters. The van der Waals surface area contributed by atoms with Gasteiger partial charge in [0.05, 0.1) is 17.9 Å². The fourth-order valence-electron chi connectivity index (χ4n) is 3.88. The minimum absolute atomic E-state index is 0.0291. The first-order chi connectivity index (χ1) is 13.3. The number of aromatic nitrogens is 2. The molecule has 0 spiro atoms. The normalized spacial score (nSPS) is 17.6. The highest BCUT2D eigenvalue weighted by atomic mass is 16.4. The van der Waals surface area contributed by atoms with Gasteiger partial charge in [0.25, 0.3) is 5.91 Å². The summed E-state index contributed by atoms with van der Waals surface area (Å²) in [6, 6.07) is 9.78. The molecule has 0 radical (unpaired) electrons. The maximum absolute atomic E-state index is 12.9. The van der Waals surface area contributed by atoms with Crippen molar-refractivity contribution in [1.82, 2.24) is 19.6 Å². The van der Waals surface area contributed by atoms with Crippen LogP contribution in [0.4, 0.5) is 0 Å². The standard InChI is InChI=1S/C21H28N4O3/c1-15-13-16(2)25(22-15)19-8-6-17(7-9-19)21(28)24-11-4-5-18(10-12-24)23(3)14-20(26)27/h6-9,13,18H,4-5,10-12,14H2,1-3H3,(H,26,27). The molecule has 1 amide bonds. The molecule has 1 N–H and O–H groups in total. The van der Waals surface area contributed by atoms with Gasteiger partial charge in [-0.05, 0) is 70.5 Å². The smallest absolute Gasteiger partial charge is 0.317 e. The van der Waals surface area contributed by atoms with E-state index in [1.807, 2.05) is 65.7 Å². The van der Waals surface area contributed by atoms with Crippen molar-refractivity contribution in [1.29, 1.82) is 0 Å². The lowest BCUT2D eigenvalue weighted by Crippen LogP contribution is -2.37. The molecule has 1 unspecified atom stereocenters. The molecular formula is C21H28N4O3. The number of hydrogen-bond acceptors (Lipinski definition) is 4. The van der Waals surface area contributed by atoms with Crippen LogP contribution in [0.2, 0.25) is 0 Å². The van der Waals surface area contributed by atoms with E-state index in [0.29, 0.717) is 18.7 Å². The number of benzene rings is 1. The second kappa shape index (κ2) is 8.56. The summed E-state index contributed by atoms with van der Waals surface area (Å²) >= 11 is 0. The molecule has 0 bridgehead atoms. The van der Waals surface area contributed by atoms with Crippen molar-refractivity contribution in [2.75, 3.05) is 26.7 Å². The number of amides is 1. The molecule has 1 fully saturated rings. The third-order valence-corrected chi connectivity index (χ3v) is 5.36. The summed E-state index contributed by atoms with van der Waals surface area (Å²) in [7, 11) is 1.84. The predicted molar refractivity (Wildman–Crippen MR) is 107 cm³/mol. The van der Waals surface area contributed by atoms with Crippen molar-refractivity contribution in [2.45, 2.75) is 39.2 Å². The Kier molecular flexibility index (Phi) is 6.14. The summed E-state index contributed by atoms with van der Waals surface area (Å²) < 4.78 is 1.87. The predicted octanol–water partition coefficient (Wildman–Crippen LogP) is 2.50. The first-order valence-electron chi connectivity index (χ1n) is 9.70. The number of rotatable bonds is 5. The van der Waals surface area contributed by atoms with Gasteiger partial charge in [-0.25, -0.2) is 4.68 Å². The average Bonchev–Trinajstić information content (AvgIpc) is 2.85. The number of likely N-dealkylation sites (tertiary alicyclic amines) is 1. The Balaban J connectivity index is 1.65. The number of aliphatic carboxylic acids is 1. The zero-order valence-electron chi connectivity index (χ0n) is 16.8. The van der Waals surface area contributed by atoms with Crippen LogP contribution in [-0.4, -0.2) is 69.3 Å². The van der Waals surface area contributed by atoms with Crippen LogP contribution >= 0.6 is 0 Å². The van der Waals surface area contributed by atoms with Crippen LogP contribution in [0.1, 0.15) is 41.0 Å². The van der Waals surface area contributed by atoms with Crippen molar-refractivity contribution < 1.29 is 14.7 Å². The van der Waals surface area contributed by atoms with E-state index in [2.05, 4.69) is 5.10 Å². The summed E-state index contributed by atoms with van der Waals surface area (Å²) in [6.45, 7) is 5.35. The lowest BCUT2D eigenvalue weighted by Gasteiger charge is -2.25. The minimum atomic E-state index is -0.817. The van der Waals surface area contributed by atoms with E-state index >= 15 is 0 Å². The van der Waals surface area contributed by atoms with Crippen LogP contribution in [0.3, 0.4) is 0 Å². The molecule has 1 aliphatic heterocycles. The number of carboxylic acid groups (broad SMARTS) is 1. The van der Waals surface area contributed by atoms with Crippen molar-refractivity contribution >= 4 is 11.9 Å². The van der Waals surface area contributed by atoms with Crippen molar-refractivity contribution in [3.8, 4) is 5.69 Å². The van der Waals surface area contributed by atoms with Gasteiger partial charge in [-0.3, -0.25) is 14.5 Å². The van der Waals surface area contributed by atoms with E-state index in [4.69, 9.17) is 5.11 Å². The Bertz CT molecular complexity index is 844. The number of carbonyl (C=O) groups is 2. The Labute approximate surface area is 165 Å². The van der Waals surface area contributed by atoms with Crippen LogP contribution in [0, 0.1) is 13.8 Å². The molecule has 1 aromatic carbocycles. The fraction of sp³-hybridized carbons (Fsp3) is 0.476. The number of aryl methyl sites for hydroxylation is 2. The van der Waals surface area contributed by atoms with Crippen LogP contribution in [0.15, 0.2) is 30.3 Å². The number of hydrogen-bond donors (Lipinski definition) is 1. The zero-order chi connectivity index (χ0) is 20.3. The highest BCUT2D eigenvalue weighted by Gasteiger charge is 2.24. The number of nitrogens with zero attached hydrogens (tertiary/aromatic N) is 4. The highest BCUT2D eigenvalue weighted by Crippen LogP contribution is 2.19. The third kappa shape index (κ3) is 4.59. The molecule has 3 rings (SSSR count). The van der Waals surface area contributed by atoms with E-state index in [1.54, 1.807) is 0 Å². The lowest BCUT2D eigenvalue weighted by molar-refractivity contribution is -0.138. The van der Waals surface area contributed by atoms with Crippen LogP contribution in [0.25, 0.3) is 5.69 Å². The third-order valence-electron chi connectivity index (χ3n) is 5.36. The second-order valence-electron chi connectivity index (χ2n) is 7.57. The van der Waals surface area contributed by atoms with E-state index in [1.165, 1.54) is 0 Å². The van der Waals surface area contributed by atoms with E-state index in [9.17, 15) is 9.59 Å².